The lowest BCUT2D eigenvalue weighted by Gasteiger charge is -2.24. The normalized spacial score (nSPS) is 12.3. The predicted molar refractivity (Wildman–Crippen MR) is 73.5 cm³/mol. The van der Waals surface area contributed by atoms with Crippen LogP contribution in [-0.4, -0.2) is 37.2 Å². The first-order valence-electron chi connectivity index (χ1n) is 5.97. The second kappa shape index (κ2) is 6.96. The number of methoxy groups -OCH3 is 1. The van der Waals surface area contributed by atoms with Crippen molar-refractivity contribution in [2.24, 2.45) is 4.99 Å². The molecule has 1 aromatic rings. The van der Waals surface area contributed by atoms with Crippen molar-refractivity contribution >= 4 is 5.96 Å². The number of pyridine rings is 1. The summed E-state index contributed by atoms with van der Waals surface area (Å²) in [7, 11) is 3.44. The van der Waals surface area contributed by atoms with Gasteiger partial charge in [0, 0.05) is 26.9 Å². The number of hydrogen-bond donors (Lipinski definition) is 2. The van der Waals surface area contributed by atoms with E-state index in [1.165, 1.54) is 0 Å². The average molecular weight is 250 g/mol. The lowest BCUT2D eigenvalue weighted by Crippen LogP contribution is -2.45. The minimum atomic E-state index is -0.220. The first-order valence-corrected chi connectivity index (χ1v) is 5.97. The Morgan fingerprint density at radius 2 is 2.17 bits per heavy atom. The van der Waals surface area contributed by atoms with Crippen LogP contribution in [-0.2, 0) is 11.3 Å². The summed E-state index contributed by atoms with van der Waals surface area (Å²) >= 11 is 0. The second-order valence-electron chi connectivity index (χ2n) is 4.56. The molecule has 0 unspecified atom stereocenters. The zero-order chi connectivity index (χ0) is 13.4. The van der Waals surface area contributed by atoms with E-state index >= 15 is 0 Å². The summed E-state index contributed by atoms with van der Waals surface area (Å²) in [4.78, 5) is 8.39. The third kappa shape index (κ3) is 5.14. The second-order valence-corrected chi connectivity index (χ2v) is 4.56. The molecule has 1 heterocycles. The molecule has 0 aliphatic rings. The van der Waals surface area contributed by atoms with Gasteiger partial charge in [-0.2, -0.15) is 0 Å². The molecule has 0 aliphatic carbocycles. The van der Waals surface area contributed by atoms with E-state index in [2.05, 4.69) is 20.6 Å². The fraction of sp³-hybridized carbons (Fsp3) is 0.538. The topological polar surface area (TPSA) is 58.5 Å². The van der Waals surface area contributed by atoms with Crippen LogP contribution in [0.4, 0.5) is 0 Å². The Kier molecular flexibility index (Phi) is 5.58. The fourth-order valence-electron chi connectivity index (χ4n) is 1.27. The van der Waals surface area contributed by atoms with Crippen LogP contribution < -0.4 is 10.6 Å². The molecule has 0 saturated carbocycles. The smallest absolute Gasteiger partial charge is 0.191 e. The lowest BCUT2D eigenvalue weighted by atomic mass is 10.1. The summed E-state index contributed by atoms with van der Waals surface area (Å²) in [5, 5.41) is 6.42. The van der Waals surface area contributed by atoms with Gasteiger partial charge >= 0.3 is 0 Å². The summed E-state index contributed by atoms with van der Waals surface area (Å²) < 4.78 is 5.34. The van der Waals surface area contributed by atoms with Crippen molar-refractivity contribution in [3.05, 3.63) is 30.1 Å². The highest BCUT2D eigenvalue weighted by Crippen LogP contribution is 2.04. The van der Waals surface area contributed by atoms with E-state index in [-0.39, 0.29) is 5.60 Å². The third-order valence-electron chi connectivity index (χ3n) is 2.62. The molecule has 0 radical (unpaired) electrons. The number of aliphatic imine (C=N–C) groups is 1. The molecule has 18 heavy (non-hydrogen) atoms. The maximum Gasteiger partial charge on any atom is 0.191 e. The van der Waals surface area contributed by atoms with Crippen LogP contribution in [0.15, 0.2) is 29.4 Å². The molecule has 0 amide bonds. The number of nitrogens with one attached hydrogen (secondary N) is 2. The quantitative estimate of drug-likeness (QED) is 0.608. The van der Waals surface area contributed by atoms with E-state index in [0.29, 0.717) is 13.1 Å². The maximum atomic E-state index is 5.34. The van der Waals surface area contributed by atoms with Gasteiger partial charge in [0.1, 0.15) is 0 Å². The summed E-state index contributed by atoms with van der Waals surface area (Å²) in [5.74, 6) is 0.741. The van der Waals surface area contributed by atoms with Crippen molar-refractivity contribution in [1.82, 2.24) is 15.6 Å². The van der Waals surface area contributed by atoms with Crippen molar-refractivity contribution in [3.8, 4) is 0 Å². The highest BCUT2D eigenvalue weighted by Gasteiger charge is 2.16. The van der Waals surface area contributed by atoms with E-state index in [1.54, 1.807) is 20.4 Å². The van der Waals surface area contributed by atoms with Gasteiger partial charge in [-0.15, -0.1) is 0 Å². The summed E-state index contributed by atoms with van der Waals surface area (Å²) in [6.07, 6.45) is 1.78. The number of rotatable bonds is 5. The van der Waals surface area contributed by atoms with Crippen molar-refractivity contribution in [3.63, 3.8) is 0 Å². The first-order chi connectivity index (χ1) is 8.57. The molecule has 0 saturated heterocycles. The van der Waals surface area contributed by atoms with Gasteiger partial charge in [-0.3, -0.25) is 9.98 Å². The molecule has 1 rings (SSSR count). The molecule has 2 N–H and O–H groups in total. The van der Waals surface area contributed by atoms with E-state index < -0.39 is 0 Å². The van der Waals surface area contributed by atoms with Crippen LogP contribution in [0, 0.1) is 0 Å². The average Bonchev–Trinajstić information content (AvgIpc) is 2.40. The van der Waals surface area contributed by atoms with Crippen LogP contribution in [0.2, 0.25) is 0 Å². The van der Waals surface area contributed by atoms with Crippen molar-refractivity contribution in [1.29, 1.82) is 0 Å². The zero-order valence-electron chi connectivity index (χ0n) is 11.5. The number of guanidine groups is 1. The van der Waals surface area contributed by atoms with Crippen LogP contribution in [0.5, 0.6) is 0 Å². The molecule has 100 valence electrons. The van der Waals surface area contributed by atoms with E-state index in [1.807, 2.05) is 32.0 Å². The van der Waals surface area contributed by atoms with Gasteiger partial charge in [-0.1, -0.05) is 6.07 Å². The molecule has 0 aromatic carbocycles. The Balaban J connectivity index is 2.40. The Bertz CT molecular complexity index is 376. The van der Waals surface area contributed by atoms with E-state index in [9.17, 15) is 0 Å². The minimum Gasteiger partial charge on any atom is -0.377 e. The highest BCUT2D eigenvalue weighted by atomic mass is 16.5. The summed E-state index contributed by atoms with van der Waals surface area (Å²) in [6.45, 7) is 5.37. The molecule has 5 nitrogen and oxygen atoms in total. The number of aromatic nitrogens is 1. The molecule has 0 aliphatic heterocycles. The van der Waals surface area contributed by atoms with Gasteiger partial charge in [-0.25, -0.2) is 0 Å². The number of ether oxygens (including phenoxy) is 1. The minimum absolute atomic E-state index is 0.220. The van der Waals surface area contributed by atoms with Crippen molar-refractivity contribution in [2.75, 3.05) is 20.7 Å². The summed E-state index contributed by atoms with van der Waals surface area (Å²) in [6, 6.07) is 5.84. The molecule has 0 fully saturated rings. The fourth-order valence-corrected chi connectivity index (χ4v) is 1.27. The van der Waals surface area contributed by atoms with Crippen LogP contribution in [0.3, 0.4) is 0 Å². The van der Waals surface area contributed by atoms with E-state index in [4.69, 9.17) is 4.74 Å². The monoisotopic (exact) mass is 250 g/mol. The van der Waals surface area contributed by atoms with Crippen molar-refractivity contribution < 1.29 is 4.74 Å². The largest absolute Gasteiger partial charge is 0.377 e. The van der Waals surface area contributed by atoms with Crippen LogP contribution in [0.25, 0.3) is 0 Å². The Labute approximate surface area is 109 Å². The SMILES string of the molecule is CN=C(NCc1ccccn1)NCC(C)(C)OC. The van der Waals surface area contributed by atoms with Gasteiger partial charge in [0.2, 0.25) is 0 Å². The standard InChI is InChI=1S/C13H22N4O/c1-13(2,18-4)10-17-12(14-3)16-9-11-7-5-6-8-15-11/h5-8H,9-10H2,1-4H3,(H2,14,16,17). The molecule has 1 aromatic heterocycles. The van der Waals surface area contributed by atoms with Crippen molar-refractivity contribution in [2.45, 2.75) is 26.0 Å². The predicted octanol–water partition coefficient (Wildman–Crippen LogP) is 1.17. The molecule has 0 bridgehead atoms. The lowest BCUT2D eigenvalue weighted by molar-refractivity contribution is 0.0268. The number of hydrogen-bond acceptors (Lipinski definition) is 3. The third-order valence-corrected chi connectivity index (χ3v) is 2.62. The van der Waals surface area contributed by atoms with Gasteiger partial charge in [0.25, 0.3) is 0 Å². The molecular formula is C13H22N4O. The van der Waals surface area contributed by atoms with Gasteiger partial charge in [0.05, 0.1) is 17.8 Å². The van der Waals surface area contributed by atoms with Crippen LogP contribution >= 0.6 is 0 Å². The number of nitrogens with zero attached hydrogens (tertiary/aromatic N) is 2. The first kappa shape index (κ1) is 14.4. The molecule has 0 spiro atoms. The maximum absolute atomic E-state index is 5.34. The summed E-state index contributed by atoms with van der Waals surface area (Å²) in [5.41, 5.74) is 0.759. The van der Waals surface area contributed by atoms with Gasteiger partial charge < -0.3 is 15.4 Å². The Morgan fingerprint density at radius 3 is 2.72 bits per heavy atom. The Morgan fingerprint density at radius 1 is 1.39 bits per heavy atom. The molecule has 0 atom stereocenters. The molecule has 5 heteroatoms. The Hall–Kier alpha value is -1.62. The van der Waals surface area contributed by atoms with E-state index in [0.717, 1.165) is 11.7 Å². The molecular weight excluding hydrogens is 228 g/mol. The van der Waals surface area contributed by atoms with Gasteiger partial charge in [-0.05, 0) is 26.0 Å². The van der Waals surface area contributed by atoms with Gasteiger partial charge in [0.15, 0.2) is 5.96 Å². The highest BCUT2D eigenvalue weighted by molar-refractivity contribution is 5.79. The zero-order valence-corrected chi connectivity index (χ0v) is 11.5. The van der Waals surface area contributed by atoms with Crippen LogP contribution in [0.1, 0.15) is 19.5 Å².